The molecule has 0 aromatic carbocycles. The molecule has 0 aromatic heterocycles. The Kier molecular flexibility index (Phi) is 3.03. The quantitative estimate of drug-likeness (QED) is 0.703. The molecule has 80 valence electrons. The van der Waals surface area contributed by atoms with Gasteiger partial charge >= 0.3 is 5.97 Å². The Bertz CT molecular complexity index is 276. The van der Waals surface area contributed by atoms with Gasteiger partial charge in [0.25, 0.3) is 0 Å². The highest BCUT2D eigenvalue weighted by Crippen LogP contribution is 2.46. The van der Waals surface area contributed by atoms with E-state index >= 15 is 0 Å². The Balaban J connectivity index is 2.89. The number of carboxylic acids is 1. The number of rotatable bonds is 3. The molecule has 2 nitrogen and oxygen atoms in total. The molecule has 1 aliphatic rings. The van der Waals surface area contributed by atoms with Crippen LogP contribution < -0.4 is 0 Å². The molecule has 0 amide bonds. The van der Waals surface area contributed by atoms with Gasteiger partial charge in [-0.05, 0) is 31.1 Å². The topological polar surface area (TPSA) is 37.3 Å². The molecule has 1 N–H and O–H groups in total. The Labute approximate surface area is 86.0 Å². The maximum atomic E-state index is 10.8. The highest BCUT2D eigenvalue weighted by atomic mass is 16.4. The molecule has 14 heavy (non-hydrogen) atoms. The fourth-order valence-electron chi connectivity index (χ4n) is 2.45. The smallest absolute Gasteiger partial charge is 0.304 e. The van der Waals surface area contributed by atoms with Crippen LogP contribution in [-0.4, -0.2) is 11.1 Å². The Morgan fingerprint density at radius 1 is 1.57 bits per heavy atom. The zero-order valence-electron chi connectivity index (χ0n) is 9.55. The van der Waals surface area contributed by atoms with Gasteiger partial charge in [0.2, 0.25) is 0 Å². The van der Waals surface area contributed by atoms with Crippen LogP contribution in [0.25, 0.3) is 0 Å². The maximum Gasteiger partial charge on any atom is 0.304 e. The largest absolute Gasteiger partial charge is 0.481 e. The monoisotopic (exact) mass is 196 g/mol. The van der Waals surface area contributed by atoms with E-state index < -0.39 is 5.97 Å². The minimum absolute atomic E-state index is 0.0918. The third kappa shape index (κ3) is 1.99. The van der Waals surface area contributed by atoms with Gasteiger partial charge in [-0.1, -0.05) is 31.9 Å². The summed E-state index contributed by atoms with van der Waals surface area (Å²) in [5, 5.41) is 8.86. The second-order valence-corrected chi connectivity index (χ2v) is 4.94. The Morgan fingerprint density at radius 2 is 2.14 bits per heavy atom. The predicted octanol–water partition coefficient (Wildman–Crippen LogP) is 3.23. The van der Waals surface area contributed by atoms with E-state index in [0.29, 0.717) is 5.92 Å². The van der Waals surface area contributed by atoms with Crippen LogP contribution in [0.4, 0.5) is 0 Å². The molecule has 0 saturated heterocycles. The number of carbonyl (C=O) groups is 1. The molecule has 0 saturated carbocycles. The van der Waals surface area contributed by atoms with Gasteiger partial charge in [-0.3, -0.25) is 4.79 Å². The Morgan fingerprint density at radius 3 is 2.50 bits per heavy atom. The van der Waals surface area contributed by atoms with Crippen LogP contribution in [0.15, 0.2) is 11.1 Å². The normalized spacial score (nSPS) is 27.5. The van der Waals surface area contributed by atoms with Crippen molar-refractivity contribution < 1.29 is 9.90 Å². The van der Waals surface area contributed by atoms with E-state index in [1.54, 1.807) is 0 Å². The highest BCUT2D eigenvalue weighted by molar-refractivity contribution is 5.68. The molecule has 0 spiro atoms. The number of carboxylic acid groups (broad SMARTS) is 1. The summed E-state index contributed by atoms with van der Waals surface area (Å²) in [5.74, 6) is -0.123. The zero-order chi connectivity index (χ0) is 10.9. The van der Waals surface area contributed by atoms with Crippen LogP contribution in [0.5, 0.6) is 0 Å². The first kappa shape index (κ1) is 11.3. The van der Waals surface area contributed by atoms with Crippen LogP contribution in [0.3, 0.4) is 0 Å². The van der Waals surface area contributed by atoms with E-state index in [2.05, 4.69) is 27.7 Å². The summed E-state index contributed by atoms with van der Waals surface area (Å²) in [4.78, 5) is 10.8. The van der Waals surface area contributed by atoms with Gasteiger partial charge in [0.1, 0.15) is 0 Å². The average Bonchev–Trinajstić information content (AvgIpc) is 2.27. The van der Waals surface area contributed by atoms with Crippen LogP contribution in [0.1, 0.15) is 47.0 Å². The van der Waals surface area contributed by atoms with E-state index in [9.17, 15) is 4.79 Å². The van der Waals surface area contributed by atoms with Gasteiger partial charge in [0.05, 0.1) is 6.42 Å². The van der Waals surface area contributed by atoms with Gasteiger partial charge in [-0.25, -0.2) is 0 Å². The summed E-state index contributed by atoms with van der Waals surface area (Å²) in [7, 11) is 0. The molecule has 0 bridgehead atoms. The molecule has 1 aliphatic carbocycles. The van der Waals surface area contributed by atoms with E-state index in [1.165, 1.54) is 11.1 Å². The van der Waals surface area contributed by atoms with E-state index in [0.717, 1.165) is 12.8 Å². The first-order chi connectivity index (χ1) is 6.37. The first-order valence-corrected chi connectivity index (χ1v) is 5.29. The molecular weight excluding hydrogens is 176 g/mol. The molecule has 0 radical (unpaired) electrons. The van der Waals surface area contributed by atoms with Crippen molar-refractivity contribution in [2.75, 3.05) is 0 Å². The lowest BCUT2D eigenvalue weighted by molar-refractivity contribution is -0.139. The van der Waals surface area contributed by atoms with Crippen molar-refractivity contribution in [3.8, 4) is 0 Å². The van der Waals surface area contributed by atoms with E-state index in [4.69, 9.17) is 5.11 Å². The van der Waals surface area contributed by atoms with Crippen molar-refractivity contribution >= 4 is 5.97 Å². The van der Waals surface area contributed by atoms with Gasteiger partial charge in [-0.2, -0.15) is 0 Å². The Hall–Kier alpha value is -0.790. The molecule has 1 rings (SSSR count). The summed E-state index contributed by atoms with van der Waals surface area (Å²) in [6.45, 7) is 8.55. The SMILES string of the molecule is CC1=C(C(C)C)CC[C@@]1(C)CC(=O)O. The number of allylic oxidation sites excluding steroid dienone is 2. The van der Waals surface area contributed by atoms with Crippen molar-refractivity contribution in [3.05, 3.63) is 11.1 Å². The molecule has 0 fully saturated rings. The molecule has 0 aromatic rings. The zero-order valence-corrected chi connectivity index (χ0v) is 9.55. The third-order valence-electron chi connectivity index (χ3n) is 3.57. The first-order valence-electron chi connectivity index (χ1n) is 5.29. The molecule has 0 heterocycles. The van der Waals surface area contributed by atoms with E-state index in [1.807, 2.05) is 0 Å². The molecule has 1 atom stereocenters. The minimum Gasteiger partial charge on any atom is -0.481 e. The van der Waals surface area contributed by atoms with Crippen LogP contribution in [-0.2, 0) is 4.79 Å². The standard InChI is InChI=1S/C12H20O2/c1-8(2)10-5-6-12(4,9(10)3)7-11(13)14/h8H,5-7H2,1-4H3,(H,13,14)/t12-/m0/s1. The number of aliphatic carboxylic acids is 1. The summed E-state index contributed by atoms with van der Waals surface area (Å²) in [6.07, 6.45) is 2.35. The van der Waals surface area contributed by atoms with Gasteiger partial charge in [0.15, 0.2) is 0 Å². The molecule has 2 heteroatoms. The van der Waals surface area contributed by atoms with Crippen LogP contribution in [0, 0.1) is 11.3 Å². The fraction of sp³-hybridized carbons (Fsp3) is 0.750. The maximum absolute atomic E-state index is 10.8. The van der Waals surface area contributed by atoms with Crippen LogP contribution >= 0.6 is 0 Å². The van der Waals surface area contributed by atoms with Crippen molar-refractivity contribution in [1.82, 2.24) is 0 Å². The minimum atomic E-state index is -0.683. The lowest BCUT2D eigenvalue weighted by Gasteiger charge is -2.24. The molecule has 0 aliphatic heterocycles. The second-order valence-electron chi connectivity index (χ2n) is 4.94. The van der Waals surface area contributed by atoms with Crippen molar-refractivity contribution in [3.63, 3.8) is 0 Å². The molecule has 0 unspecified atom stereocenters. The number of hydrogen-bond acceptors (Lipinski definition) is 1. The lowest BCUT2D eigenvalue weighted by Crippen LogP contribution is -2.19. The van der Waals surface area contributed by atoms with Gasteiger partial charge in [0, 0.05) is 0 Å². The summed E-state index contributed by atoms with van der Waals surface area (Å²) < 4.78 is 0. The summed E-state index contributed by atoms with van der Waals surface area (Å²) >= 11 is 0. The van der Waals surface area contributed by atoms with Crippen LogP contribution in [0.2, 0.25) is 0 Å². The van der Waals surface area contributed by atoms with E-state index in [-0.39, 0.29) is 11.8 Å². The summed E-state index contributed by atoms with van der Waals surface area (Å²) in [6, 6.07) is 0. The van der Waals surface area contributed by atoms with Crippen molar-refractivity contribution in [1.29, 1.82) is 0 Å². The van der Waals surface area contributed by atoms with Crippen molar-refractivity contribution in [2.45, 2.75) is 47.0 Å². The second kappa shape index (κ2) is 3.76. The van der Waals surface area contributed by atoms with Crippen molar-refractivity contribution in [2.24, 2.45) is 11.3 Å². The fourth-order valence-corrected chi connectivity index (χ4v) is 2.45. The average molecular weight is 196 g/mol. The van der Waals surface area contributed by atoms with Gasteiger partial charge in [-0.15, -0.1) is 0 Å². The predicted molar refractivity (Wildman–Crippen MR) is 57.1 cm³/mol. The highest BCUT2D eigenvalue weighted by Gasteiger charge is 2.36. The summed E-state index contributed by atoms with van der Waals surface area (Å²) in [5.41, 5.74) is 2.69. The molecular formula is C12H20O2. The third-order valence-corrected chi connectivity index (χ3v) is 3.57. The van der Waals surface area contributed by atoms with Gasteiger partial charge < -0.3 is 5.11 Å². The number of hydrogen-bond donors (Lipinski definition) is 1. The lowest BCUT2D eigenvalue weighted by atomic mass is 9.80.